The molecule has 0 saturated carbocycles. The van der Waals surface area contributed by atoms with Crippen LogP contribution in [0.4, 0.5) is 13.2 Å². The first-order valence-electron chi connectivity index (χ1n) is 7.58. The van der Waals surface area contributed by atoms with Crippen LogP contribution in [0.25, 0.3) is 0 Å². The summed E-state index contributed by atoms with van der Waals surface area (Å²) < 4.78 is 44.1. The molecule has 0 N–H and O–H groups in total. The third-order valence-electron chi connectivity index (χ3n) is 4.45. The van der Waals surface area contributed by atoms with Gasteiger partial charge in [-0.1, -0.05) is 12.6 Å². The molecule has 2 nitrogen and oxygen atoms in total. The number of alkyl halides is 3. The van der Waals surface area contributed by atoms with Gasteiger partial charge in [0.05, 0.1) is 5.56 Å². The summed E-state index contributed by atoms with van der Waals surface area (Å²) in [5.41, 5.74) is 0.566. The minimum Gasteiger partial charge on any atom is -0.456 e. The summed E-state index contributed by atoms with van der Waals surface area (Å²) in [7, 11) is 0. The number of hydrogen-bond donors (Lipinski definition) is 0. The third kappa shape index (κ3) is 3.95. The van der Waals surface area contributed by atoms with E-state index in [9.17, 15) is 18.0 Å². The number of carbonyl (C=O) groups is 1. The Hall–Kier alpha value is -1.78. The fourth-order valence-corrected chi connectivity index (χ4v) is 2.94. The van der Waals surface area contributed by atoms with E-state index in [2.05, 4.69) is 6.58 Å². The van der Waals surface area contributed by atoms with E-state index in [0.29, 0.717) is 24.0 Å². The van der Waals surface area contributed by atoms with E-state index in [0.717, 1.165) is 18.1 Å². The molecule has 0 aliphatic heterocycles. The second kappa shape index (κ2) is 6.02. The van der Waals surface area contributed by atoms with Crippen molar-refractivity contribution in [2.24, 2.45) is 5.92 Å². The first-order chi connectivity index (χ1) is 10.5. The summed E-state index contributed by atoms with van der Waals surface area (Å²) in [5, 5.41) is 0. The maximum absolute atomic E-state index is 12.9. The SMILES string of the molecule is C=C(C)C(=O)OC(C)(C)C1CCc2ccc(C(F)(F)F)cc2C1. The van der Waals surface area contributed by atoms with Gasteiger partial charge in [-0.05, 0) is 63.3 Å². The molecule has 0 fully saturated rings. The highest BCUT2D eigenvalue weighted by Gasteiger charge is 2.37. The smallest absolute Gasteiger partial charge is 0.416 e. The van der Waals surface area contributed by atoms with Crippen LogP contribution in [-0.2, 0) is 28.5 Å². The van der Waals surface area contributed by atoms with Crippen LogP contribution in [0.5, 0.6) is 0 Å². The molecule has 1 atom stereocenters. The molecule has 0 aromatic heterocycles. The van der Waals surface area contributed by atoms with Gasteiger partial charge in [0, 0.05) is 11.5 Å². The van der Waals surface area contributed by atoms with Gasteiger partial charge >= 0.3 is 12.1 Å². The van der Waals surface area contributed by atoms with Gasteiger partial charge in [0.25, 0.3) is 0 Å². The van der Waals surface area contributed by atoms with Gasteiger partial charge < -0.3 is 4.74 Å². The lowest BCUT2D eigenvalue weighted by molar-refractivity contribution is -0.157. The number of ether oxygens (including phenoxy) is 1. The number of fused-ring (bicyclic) bond motifs is 1. The molecule has 0 spiro atoms. The normalized spacial score (nSPS) is 18.3. The third-order valence-corrected chi connectivity index (χ3v) is 4.45. The minimum atomic E-state index is -4.34. The summed E-state index contributed by atoms with van der Waals surface area (Å²) in [6.45, 7) is 8.74. The largest absolute Gasteiger partial charge is 0.456 e. The number of carbonyl (C=O) groups excluding carboxylic acids is 1. The van der Waals surface area contributed by atoms with Crippen LogP contribution in [0.1, 0.15) is 43.9 Å². The van der Waals surface area contributed by atoms with Crippen LogP contribution in [0.3, 0.4) is 0 Å². The van der Waals surface area contributed by atoms with Crippen LogP contribution < -0.4 is 0 Å². The van der Waals surface area contributed by atoms with Crippen LogP contribution in [0.2, 0.25) is 0 Å². The van der Waals surface area contributed by atoms with Crippen LogP contribution >= 0.6 is 0 Å². The van der Waals surface area contributed by atoms with E-state index in [-0.39, 0.29) is 5.92 Å². The quantitative estimate of drug-likeness (QED) is 0.594. The predicted molar refractivity (Wildman–Crippen MR) is 81.9 cm³/mol. The van der Waals surface area contributed by atoms with Crippen molar-refractivity contribution in [1.82, 2.24) is 0 Å². The molecule has 0 heterocycles. The molecule has 0 saturated heterocycles. The van der Waals surface area contributed by atoms with Gasteiger partial charge in [-0.15, -0.1) is 0 Å². The molecular weight excluding hydrogens is 305 g/mol. The fourth-order valence-electron chi connectivity index (χ4n) is 2.94. The lowest BCUT2D eigenvalue weighted by Crippen LogP contribution is -2.40. The maximum atomic E-state index is 12.9. The highest BCUT2D eigenvalue weighted by Crippen LogP contribution is 2.37. The zero-order valence-electron chi connectivity index (χ0n) is 13.6. The van der Waals surface area contributed by atoms with Gasteiger partial charge in [0.1, 0.15) is 5.60 Å². The summed E-state index contributed by atoms with van der Waals surface area (Å²) >= 11 is 0. The van der Waals surface area contributed by atoms with Gasteiger partial charge in [0.15, 0.2) is 0 Å². The monoisotopic (exact) mass is 326 g/mol. The van der Waals surface area contributed by atoms with Crippen molar-refractivity contribution >= 4 is 5.97 Å². The second-order valence-corrected chi connectivity index (χ2v) is 6.69. The Kier molecular flexibility index (Phi) is 4.60. The van der Waals surface area contributed by atoms with Crippen LogP contribution in [0.15, 0.2) is 30.4 Å². The number of halogens is 3. The highest BCUT2D eigenvalue weighted by molar-refractivity contribution is 5.87. The fraction of sp³-hybridized carbons (Fsp3) is 0.500. The van der Waals surface area contributed by atoms with Crippen molar-refractivity contribution in [3.63, 3.8) is 0 Å². The Morgan fingerprint density at radius 1 is 1.26 bits per heavy atom. The molecule has 1 aliphatic rings. The van der Waals surface area contributed by atoms with Gasteiger partial charge in [-0.2, -0.15) is 13.2 Å². The molecular formula is C18H21F3O2. The van der Waals surface area contributed by atoms with E-state index in [1.165, 1.54) is 6.07 Å². The van der Waals surface area contributed by atoms with Crippen molar-refractivity contribution in [3.05, 3.63) is 47.0 Å². The van der Waals surface area contributed by atoms with E-state index >= 15 is 0 Å². The Bertz CT molecular complexity index is 630. The molecule has 126 valence electrons. The minimum absolute atomic E-state index is 0.0261. The molecule has 5 heteroatoms. The molecule has 0 amide bonds. The average molecular weight is 326 g/mol. The van der Waals surface area contributed by atoms with E-state index in [1.54, 1.807) is 26.8 Å². The number of hydrogen-bond acceptors (Lipinski definition) is 2. The lowest BCUT2D eigenvalue weighted by Gasteiger charge is -2.37. The molecule has 1 aromatic rings. The van der Waals surface area contributed by atoms with Gasteiger partial charge in [0.2, 0.25) is 0 Å². The predicted octanol–water partition coefficient (Wildman–Crippen LogP) is 4.71. The summed E-state index contributed by atoms with van der Waals surface area (Å²) in [6.07, 6.45) is -2.42. The van der Waals surface area contributed by atoms with Crippen LogP contribution in [0, 0.1) is 5.92 Å². The summed E-state index contributed by atoms with van der Waals surface area (Å²) in [5.74, 6) is -0.494. The van der Waals surface area contributed by atoms with Crippen molar-refractivity contribution in [2.75, 3.05) is 0 Å². The Morgan fingerprint density at radius 2 is 1.91 bits per heavy atom. The lowest BCUT2D eigenvalue weighted by atomic mass is 9.75. The zero-order chi connectivity index (χ0) is 17.4. The van der Waals surface area contributed by atoms with E-state index < -0.39 is 23.3 Å². The first-order valence-corrected chi connectivity index (χ1v) is 7.58. The maximum Gasteiger partial charge on any atom is 0.416 e. The van der Waals surface area contributed by atoms with E-state index in [1.807, 2.05) is 0 Å². The zero-order valence-corrected chi connectivity index (χ0v) is 13.6. The number of benzene rings is 1. The van der Waals surface area contributed by atoms with Gasteiger partial charge in [-0.3, -0.25) is 0 Å². The molecule has 0 bridgehead atoms. The summed E-state index contributed by atoms with van der Waals surface area (Å²) in [6, 6.07) is 3.91. The van der Waals surface area contributed by atoms with Crippen molar-refractivity contribution in [1.29, 1.82) is 0 Å². The topological polar surface area (TPSA) is 26.3 Å². The number of rotatable bonds is 3. The van der Waals surface area contributed by atoms with Crippen molar-refractivity contribution < 1.29 is 22.7 Å². The van der Waals surface area contributed by atoms with Crippen LogP contribution in [-0.4, -0.2) is 11.6 Å². The molecule has 1 aliphatic carbocycles. The highest BCUT2D eigenvalue weighted by atomic mass is 19.4. The number of esters is 1. The van der Waals surface area contributed by atoms with Gasteiger partial charge in [-0.25, -0.2) is 4.79 Å². The summed E-state index contributed by atoms with van der Waals surface area (Å²) in [4.78, 5) is 11.8. The molecule has 0 radical (unpaired) electrons. The average Bonchev–Trinajstić information content (AvgIpc) is 2.44. The molecule has 1 unspecified atom stereocenters. The molecule has 23 heavy (non-hydrogen) atoms. The molecule has 2 rings (SSSR count). The van der Waals surface area contributed by atoms with Crippen molar-refractivity contribution in [2.45, 2.75) is 51.8 Å². The standard InChI is InChI=1S/C18H21F3O2/c1-11(2)16(22)23-17(3,4)14-7-5-12-6-8-15(18(19,20)21)10-13(12)9-14/h6,8,10,14H,1,5,7,9H2,2-4H3. The number of aryl methyl sites for hydroxylation is 1. The Balaban J connectivity index is 2.21. The first kappa shape index (κ1) is 17.6. The van der Waals surface area contributed by atoms with E-state index in [4.69, 9.17) is 4.74 Å². The Morgan fingerprint density at radius 3 is 2.48 bits per heavy atom. The molecule has 1 aromatic carbocycles. The second-order valence-electron chi connectivity index (χ2n) is 6.69. The Labute approximate surface area is 134 Å². The van der Waals surface area contributed by atoms with Crippen molar-refractivity contribution in [3.8, 4) is 0 Å².